The van der Waals surface area contributed by atoms with Gasteiger partial charge in [0, 0.05) is 12.1 Å². The molecular formula is C12H18N2O4. The van der Waals surface area contributed by atoms with Gasteiger partial charge in [-0.2, -0.15) is 0 Å². The molecule has 0 saturated carbocycles. The number of unbranched alkanes of at least 4 members (excludes halogenated alkanes) is 1. The molecule has 0 aromatic heterocycles. The van der Waals surface area contributed by atoms with Crippen LogP contribution in [0, 0.1) is 10.1 Å². The number of methoxy groups -OCH3 is 1. The zero-order valence-electron chi connectivity index (χ0n) is 10.5. The van der Waals surface area contributed by atoms with Gasteiger partial charge in [0.05, 0.1) is 12.0 Å². The smallest absolute Gasteiger partial charge is 0.314 e. The molecule has 0 radical (unpaired) electrons. The Morgan fingerprint density at radius 2 is 2.22 bits per heavy atom. The topological polar surface area (TPSA) is 98.6 Å². The predicted molar refractivity (Wildman–Crippen MR) is 67.8 cm³/mol. The maximum atomic E-state index is 10.8. The van der Waals surface area contributed by atoms with E-state index in [2.05, 4.69) is 0 Å². The van der Waals surface area contributed by atoms with Gasteiger partial charge >= 0.3 is 5.69 Å². The summed E-state index contributed by atoms with van der Waals surface area (Å²) in [6.45, 7) is 2.05. The molecule has 0 aliphatic carbocycles. The highest BCUT2D eigenvalue weighted by Gasteiger charge is 2.21. The van der Waals surface area contributed by atoms with Crippen LogP contribution in [-0.2, 0) is 0 Å². The van der Waals surface area contributed by atoms with Crippen LogP contribution in [-0.4, -0.2) is 17.1 Å². The van der Waals surface area contributed by atoms with Crippen molar-refractivity contribution >= 4 is 5.69 Å². The maximum absolute atomic E-state index is 10.8. The average Bonchev–Trinajstić information content (AvgIpc) is 2.35. The Kier molecular flexibility index (Phi) is 4.91. The van der Waals surface area contributed by atoms with Crippen LogP contribution < -0.4 is 10.5 Å². The number of rotatable bonds is 6. The molecule has 0 unspecified atom stereocenters. The SMILES string of the molecule is CCCC[C@H](N)c1cc(OC)c(O)c([N+](=O)[O-])c1. The summed E-state index contributed by atoms with van der Waals surface area (Å²) in [4.78, 5) is 10.2. The number of nitrogens with zero attached hydrogens (tertiary/aromatic N) is 1. The van der Waals surface area contributed by atoms with Crippen LogP contribution in [0.5, 0.6) is 11.5 Å². The van der Waals surface area contributed by atoms with Crippen molar-refractivity contribution in [2.45, 2.75) is 32.2 Å². The fraction of sp³-hybridized carbons (Fsp3) is 0.500. The van der Waals surface area contributed by atoms with Gasteiger partial charge in [-0.05, 0) is 18.1 Å². The van der Waals surface area contributed by atoms with E-state index in [-0.39, 0.29) is 17.5 Å². The molecular weight excluding hydrogens is 236 g/mol. The molecule has 18 heavy (non-hydrogen) atoms. The monoisotopic (exact) mass is 254 g/mol. The molecule has 1 aromatic carbocycles. The number of nitro groups is 1. The molecule has 0 spiro atoms. The van der Waals surface area contributed by atoms with Gasteiger partial charge in [-0.1, -0.05) is 19.8 Å². The number of ether oxygens (including phenoxy) is 1. The van der Waals surface area contributed by atoms with Crippen molar-refractivity contribution in [1.82, 2.24) is 0 Å². The number of phenols is 1. The van der Waals surface area contributed by atoms with Crippen LogP contribution in [0.2, 0.25) is 0 Å². The normalized spacial score (nSPS) is 12.2. The molecule has 0 aliphatic rings. The van der Waals surface area contributed by atoms with E-state index in [1.54, 1.807) is 6.07 Å². The third-order valence-corrected chi connectivity index (χ3v) is 2.79. The van der Waals surface area contributed by atoms with E-state index in [0.29, 0.717) is 5.56 Å². The standard InChI is InChI=1S/C12H18N2O4/c1-3-4-5-9(13)8-6-10(14(16)17)12(15)11(7-8)18-2/h6-7,9,15H,3-5,13H2,1-2H3/t9-/m0/s1. The van der Waals surface area contributed by atoms with Crippen molar-refractivity contribution in [3.05, 3.63) is 27.8 Å². The third kappa shape index (κ3) is 3.10. The summed E-state index contributed by atoms with van der Waals surface area (Å²) in [5.41, 5.74) is 6.19. The summed E-state index contributed by atoms with van der Waals surface area (Å²) in [6.07, 6.45) is 2.69. The Labute approximate surface area is 106 Å². The number of nitrogens with two attached hydrogens (primary N) is 1. The number of benzene rings is 1. The summed E-state index contributed by atoms with van der Waals surface area (Å²) in [7, 11) is 1.35. The molecule has 6 nitrogen and oxygen atoms in total. The van der Waals surface area contributed by atoms with Crippen LogP contribution in [0.15, 0.2) is 12.1 Å². The highest BCUT2D eigenvalue weighted by atomic mass is 16.6. The molecule has 1 rings (SSSR count). The lowest BCUT2D eigenvalue weighted by atomic mass is 10.0. The minimum atomic E-state index is -0.645. The molecule has 1 atom stereocenters. The second-order valence-electron chi connectivity index (χ2n) is 4.10. The lowest BCUT2D eigenvalue weighted by Gasteiger charge is -2.13. The van der Waals surface area contributed by atoms with E-state index in [4.69, 9.17) is 10.5 Å². The van der Waals surface area contributed by atoms with Gasteiger partial charge in [0.15, 0.2) is 5.75 Å². The van der Waals surface area contributed by atoms with E-state index < -0.39 is 10.7 Å². The van der Waals surface area contributed by atoms with E-state index in [1.807, 2.05) is 6.92 Å². The molecule has 6 heteroatoms. The van der Waals surface area contributed by atoms with Gasteiger partial charge in [-0.3, -0.25) is 10.1 Å². The molecule has 1 aromatic rings. The summed E-state index contributed by atoms with van der Waals surface area (Å²) < 4.78 is 4.92. The van der Waals surface area contributed by atoms with Gasteiger partial charge in [0.25, 0.3) is 0 Å². The Balaban J connectivity index is 3.13. The van der Waals surface area contributed by atoms with Crippen molar-refractivity contribution in [3.8, 4) is 11.5 Å². The van der Waals surface area contributed by atoms with Gasteiger partial charge < -0.3 is 15.6 Å². The van der Waals surface area contributed by atoms with Gasteiger partial charge in [-0.25, -0.2) is 0 Å². The first-order valence-electron chi connectivity index (χ1n) is 5.82. The lowest BCUT2D eigenvalue weighted by Crippen LogP contribution is -2.10. The Morgan fingerprint density at radius 3 is 2.72 bits per heavy atom. The Hall–Kier alpha value is -1.82. The number of nitro benzene ring substituents is 1. The largest absolute Gasteiger partial charge is 0.500 e. The fourth-order valence-electron chi connectivity index (χ4n) is 1.71. The van der Waals surface area contributed by atoms with Gasteiger partial charge in [0.2, 0.25) is 5.75 Å². The summed E-state index contributed by atoms with van der Waals surface area (Å²) in [5, 5.41) is 20.5. The third-order valence-electron chi connectivity index (χ3n) is 2.79. The molecule has 0 saturated heterocycles. The zero-order chi connectivity index (χ0) is 13.7. The fourth-order valence-corrected chi connectivity index (χ4v) is 1.71. The molecule has 0 bridgehead atoms. The zero-order valence-corrected chi connectivity index (χ0v) is 10.5. The predicted octanol–water partition coefficient (Wildman–Crippen LogP) is 2.50. The molecule has 0 aliphatic heterocycles. The average molecular weight is 254 g/mol. The summed E-state index contributed by atoms with van der Waals surface area (Å²) in [6, 6.07) is 2.55. The van der Waals surface area contributed by atoms with E-state index in [1.165, 1.54) is 13.2 Å². The number of phenolic OH excluding ortho intramolecular Hbond substituents is 1. The highest BCUT2D eigenvalue weighted by Crippen LogP contribution is 2.38. The second-order valence-corrected chi connectivity index (χ2v) is 4.10. The first kappa shape index (κ1) is 14.2. The quantitative estimate of drug-likeness (QED) is 0.600. The van der Waals surface area contributed by atoms with Crippen LogP contribution in [0.25, 0.3) is 0 Å². The van der Waals surface area contributed by atoms with E-state index >= 15 is 0 Å². The van der Waals surface area contributed by atoms with E-state index in [9.17, 15) is 15.2 Å². The van der Waals surface area contributed by atoms with E-state index in [0.717, 1.165) is 19.3 Å². The van der Waals surface area contributed by atoms with Crippen LogP contribution >= 0.6 is 0 Å². The van der Waals surface area contributed by atoms with Crippen LogP contribution in [0.1, 0.15) is 37.8 Å². The summed E-state index contributed by atoms with van der Waals surface area (Å²) in [5.74, 6) is -0.389. The molecule has 100 valence electrons. The minimum Gasteiger partial charge on any atom is -0.500 e. The molecule has 0 amide bonds. The van der Waals surface area contributed by atoms with Crippen molar-refractivity contribution in [3.63, 3.8) is 0 Å². The summed E-state index contributed by atoms with van der Waals surface area (Å²) >= 11 is 0. The van der Waals surface area contributed by atoms with Crippen molar-refractivity contribution < 1.29 is 14.8 Å². The van der Waals surface area contributed by atoms with Gasteiger partial charge in [0.1, 0.15) is 0 Å². The Morgan fingerprint density at radius 1 is 1.56 bits per heavy atom. The minimum absolute atomic E-state index is 0.0751. The molecule has 0 fully saturated rings. The highest BCUT2D eigenvalue weighted by molar-refractivity contribution is 5.57. The van der Waals surface area contributed by atoms with Crippen molar-refractivity contribution in [2.75, 3.05) is 7.11 Å². The molecule has 0 heterocycles. The number of hydrogen-bond donors (Lipinski definition) is 2. The first-order chi connectivity index (χ1) is 8.51. The molecule has 3 N–H and O–H groups in total. The number of aromatic hydroxyl groups is 1. The van der Waals surface area contributed by atoms with Crippen LogP contribution in [0.3, 0.4) is 0 Å². The number of hydrogen-bond acceptors (Lipinski definition) is 5. The van der Waals surface area contributed by atoms with Crippen LogP contribution in [0.4, 0.5) is 5.69 Å². The first-order valence-corrected chi connectivity index (χ1v) is 5.82. The second kappa shape index (κ2) is 6.20. The lowest BCUT2D eigenvalue weighted by molar-refractivity contribution is -0.386. The van der Waals surface area contributed by atoms with Gasteiger partial charge in [-0.15, -0.1) is 0 Å². The maximum Gasteiger partial charge on any atom is 0.314 e. The Bertz CT molecular complexity index is 434. The van der Waals surface area contributed by atoms with Crippen molar-refractivity contribution in [2.24, 2.45) is 5.73 Å². The van der Waals surface area contributed by atoms with Crippen molar-refractivity contribution in [1.29, 1.82) is 0 Å².